The zero-order valence-corrected chi connectivity index (χ0v) is 11.7. The lowest BCUT2D eigenvalue weighted by atomic mass is 9.97. The summed E-state index contributed by atoms with van der Waals surface area (Å²) >= 11 is 0. The minimum absolute atomic E-state index is 0.804. The molecule has 1 unspecified atom stereocenters. The van der Waals surface area contributed by atoms with Crippen LogP contribution in [0.4, 0.5) is 0 Å². The van der Waals surface area contributed by atoms with E-state index in [0.29, 0.717) is 0 Å². The Morgan fingerprint density at radius 3 is 1.86 bits per heavy atom. The first-order chi connectivity index (χ1) is 9.73. The van der Waals surface area contributed by atoms with Gasteiger partial charge in [-0.15, -0.1) is 0 Å². The minimum Gasteiger partial charge on any atom is -0.388 e. The molecule has 10 atom stereocenters. The van der Waals surface area contributed by atoms with Gasteiger partial charge in [-0.05, 0) is 13.8 Å². The third-order valence-corrected chi connectivity index (χ3v) is 3.90. The summed E-state index contributed by atoms with van der Waals surface area (Å²) < 4.78 is 15.4. The second kappa shape index (κ2) is 6.41. The molecule has 0 aromatic carbocycles. The van der Waals surface area contributed by atoms with Crippen LogP contribution < -0.4 is 0 Å². The lowest BCUT2D eigenvalue weighted by Crippen LogP contribution is -2.63. The molecule has 124 valence electrons. The molecular weight excluding hydrogens is 288 g/mol. The molecule has 0 aromatic rings. The van der Waals surface area contributed by atoms with Gasteiger partial charge in [-0.1, -0.05) is 0 Å². The molecule has 2 saturated heterocycles. The van der Waals surface area contributed by atoms with Crippen molar-refractivity contribution in [2.24, 2.45) is 0 Å². The number of aliphatic hydroxyl groups excluding tert-OH is 6. The molecule has 0 aliphatic carbocycles. The van der Waals surface area contributed by atoms with Crippen molar-refractivity contribution in [3.05, 3.63) is 0 Å². The van der Waals surface area contributed by atoms with Gasteiger partial charge in [0.15, 0.2) is 12.6 Å². The minimum atomic E-state index is -1.56. The van der Waals surface area contributed by atoms with Gasteiger partial charge in [-0.2, -0.15) is 0 Å². The average molecular weight is 310 g/mol. The van der Waals surface area contributed by atoms with E-state index in [4.69, 9.17) is 14.2 Å². The molecule has 0 aromatic heterocycles. The van der Waals surface area contributed by atoms with Crippen LogP contribution in [0.1, 0.15) is 13.8 Å². The van der Waals surface area contributed by atoms with E-state index >= 15 is 0 Å². The predicted octanol–water partition coefficient (Wildman–Crippen LogP) is -3.34. The van der Waals surface area contributed by atoms with Gasteiger partial charge in [0.05, 0.1) is 12.2 Å². The van der Waals surface area contributed by atoms with Crippen molar-refractivity contribution < 1.29 is 44.8 Å². The zero-order chi connectivity index (χ0) is 15.9. The molecule has 9 nitrogen and oxygen atoms in total. The van der Waals surface area contributed by atoms with Crippen LogP contribution in [0, 0.1) is 0 Å². The molecule has 0 spiro atoms. The number of rotatable bonds is 2. The largest absolute Gasteiger partial charge is 0.388 e. The van der Waals surface area contributed by atoms with E-state index < -0.39 is 61.4 Å². The van der Waals surface area contributed by atoms with E-state index in [-0.39, 0.29) is 0 Å². The molecule has 0 saturated carbocycles. The first-order valence-electron chi connectivity index (χ1n) is 6.78. The topological polar surface area (TPSA) is 149 Å². The fourth-order valence-corrected chi connectivity index (χ4v) is 2.45. The second-order valence-electron chi connectivity index (χ2n) is 5.50. The summed E-state index contributed by atoms with van der Waals surface area (Å²) in [5.41, 5.74) is 0. The van der Waals surface area contributed by atoms with Crippen LogP contribution in [0.3, 0.4) is 0 Å². The molecule has 0 amide bonds. The van der Waals surface area contributed by atoms with Crippen molar-refractivity contribution in [2.45, 2.75) is 75.3 Å². The Morgan fingerprint density at radius 2 is 1.24 bits per heavy atom. The fraction of sp³-hybridized carbons (Fsp3) is 1.00. The van der Waals surface area contributed by atoms with Crippen LogP contribution in [0.2, 0.25) is 0 Å². The Morgan fingerprint density at radius 1 is 0.667 bits per heavy atom. The van der Waals surface area contributed by atoms with Crippen molar-refractivity contribution in [3.8, 4) is 0 Å². The highest BCUT2D eigenvalue weighted by atomic mass is 16.7. The Balaban J connectivity index is 2.08. The third-order valence-electron chi connectivity index (χ3n) is 3.90. The van der Waals surface area contributed by atoms with Crippen LogP contribution in [0.25, 0.3) is 0 Å². The van der Waals surface area contributed by atoms with Crippen molar-refractivity contribution in [3.63, 3.8) is 0 Å². The summed E-state index contributed by atoms with van der Waals surface area (Å²) in [7, 11) is 0. The summed E-state index contributed by atoms with van der Waals surface area (Å²) in [6.07, 6.45) is -13.0. The van der Waals surface area contributed by atoms with E-state index in [1.807, 2.05) is 0 Å². The maximum Gasteiger partial charge on any atom is 0.187 e. The van der Waals surface area contributed by atoms with Crippen LogP contribution in [-0.2, 0) is 14.2 Å². The monoisotopic (exact) mass is 310 g/mol. The highest BCUT2D eigenvalue weighted by molar-refractivity contribution is 4.92. The van der Waals surface area contributed by atoms with Gasteiger partial charge in [-0.3, -0.25) is 0 Å². The summed E-state index contributed by atoms with van der Waals surface area (Å²) in [6.45, 7) is 2.96. The molecule has 2 aliphatic heterocycles. The Hall–Kier alpha value is -0.360. The molecule has 2 rings (SSSR count). The van der Waals surface area contributed by atoms with E-state index in [2.05, 4.69) is 0 Å². The third kappa shape index (κ3) is 3.21. The zero-order valence-electron chi connectivity index (χ0n) is 11.7. The highest BCUT2D eigenvalue weighted by Gasteiger charge is 2.48. The van der Waals surface area contributed by atoms with Crippen molar-refractivity contribution in [2.75, 3.05) is 0 Å². The Kier molecular flexibility index (Phi) is 5.19. The fourth-order valence-electron chi connectivity index (χ4n) is 2.45. The lowest BCUT2D eigenvalue weighted by molar-refractivity contribution is -0.349. The number of aliphatic hydroxyl groups is 6. The first-order valence-corrected chi connectivity index (χ1v) is 6.78. The van der Waals surface area contributed by atoms with Gasteiger partial charge in [-0.25, -0.2) is 0 Å². The van der Waals surface area contributed by atoms with Gasteiger partial charge in [0.2, 0.25) is 0 Å². The lowest BCUT2D eigenvalue weighted by Gasteiger charge is -2.44. The van der Waals surface area contributed by atoms with Crippen molar-refractivity contribution >= 4 is 0 Å². The Bertz CT molecular complexity index is 340. The first kappa shape index (κ1) is 17.0. The summed E-state index contributed by atoms with van der Waals surface area (Å²) in [6, 6.07) is 0. The quantitative estimate of drug-likeness (QED) is 0.308. The van der Waals surface area contributed by atoms with Gasteiger partial charge in [0, 0.05) is 0 Å². The standard InChI is InChI=1S/C12H22O9/c1-3-5(13)7(15)8(16)12(20-3)21-10-6(14)4(2)19-11(18)9(10)17/h3-18H,1-2H3/t3-,4-,5-,6-,7+,8+,9+,10+,11+,12?/m1/s1. The number of ether oxygens (including phenoxy) is 3. The summed E-state index contributed by atoms with van der Waals surface area (Å²) in [5, 5.41) is 58.4. The average Bonchev–Trinajstić information content (AvgIpc) is 2.44. The molecule has 2 fully saturated rings. The normalized spacial score (nSPS) is 55.4. The Labute approximate surface area is 121 Å². The van der Waals surface area contributed by atoms with Gasteiger partial charge >= 0.3 is 0 Å². The molecule has 2 aliphatic rings. The van der Waals surface area contributed by atoms with Gasteiger partial charge in [0.25, 0.3) is 0 Å². The smallest absolute Gasteiger partial charge is 0.187 e. The summed E-state index contributed by atoms with van der Waals surface area (Å²) in [5.74, 6) is 0. The maximum atomic E-state index is 9.96. The predicted molar refractivity (Wildman–Crippen MR) is 65.8 cm³/mol. The maximum absolute atomic E-state index is 9.96. The highest BCUT2D eigenvalue weighted by Crippen LogP contribution is 2.28. The molecular formula is C12H22O9. The second-order valence-corrected chi connectivity index (χ2v) is 5.50. The molecule has 0 radical (unpaired) electrons. The summed E-state index contributed by atoms with van der Waals surface area (Å²) in [4.78, 5) is 0. The van der Waals surface area contributed by atoms with Crippen LogP contribution in [-0.4, -0.2) is 92.1 Å². The molecule has 21 heavy (non-hydrogen) atoms. The number of hydrogen-bond acceptors (Lipinski definition) is 9. The van der Waals surface area contributed by atoms with Crippen LogP contribution >= 0.6 is 0 Å². The van der Waals surface area contributed by atoms with Crippen molar-refractivity contribution in [1.29, 1.82) is 0 Å². The van der Waals surface area contributed by atoms with E-state index in [1.165, 1.54) is 13.8 Å². The van der Waals surface area contributed by atoms with Crippen LogP contribution in [0.15, 0.2) is 0 Å². The van der Waals surface area contributed by atoms with E-state index in [9.17, 15) is 30.6 Å². The number of hydrogen-bond donors (Lipinski definition) is 6. The molecule has 6 N–H and O–H groups in total. The van der Waals surface area contributed by atoms with Crippen LogP contribution in [0.5, 0.6) is 0 Å². The van der Waals surface area contributed by atoms with Gasteiger partial charge < -0.3 is 44.8 Å². The molecule has 2 heterocycles. The van der Waals surface area contributed by atoms with E-state index in [0.717, 1.165) is 0 Å². The molecule has 0 bridgehead atoms. The van der Waals surface area contributed by atoms with Gasteiger partial charge in [0.1, 0.15) is 36.6 Å². The SMILES string of the molecule is C[C@H]1OC(O[C@H]2[C@H](O)[C@@H](C)O[C@H](O)[C@H]2O)[C@@H](O)[C@@H](O)[C@@H]1O. The van der Waals surface area contributed by atoms with Crippen molar-refractivity contribution in [1.82, 2.24) is 0 Å². The molecule has 9 heteroatoms. The van der Waals surface area contributed by atoms with E-state index in [1.54, 1.807) is 0 Å².